The molecule has 0 saturated carbocycles. The summed E-state index contributed by atoms with van der Waals surface area (Å²) >= 11 is 3.23. The first-order valence-corrected chi connectivity index (χ1v) is 11.9. The third-order valence-corrected chi connectivity index (χ3v) is 6.59. The molecule has 2 amide bonds. The first-order valence-electron chi connectivity index (χ1n) is 11.1. The van der Waals surface area contributed by atoms with Crippen LogP contribution in [-0.4, -0.2) is 24.5 Å². The van der Waals surface area contributed by atoms with E-state index in [1.54, 1.807) is 41.5 Å². The van der Waals surface area contributed by atoms with Crippen LogP contribution in [0, 0.1) is 11.7 Å². The molecule has 2 fully saturated rings. The first-order chi connectivity index (χ1) is 16.5. The van der Waals surface area contributed by atoms with E-state index < -0.39 is 29.8 Å². The maximum Gasteiger partial charge on any atom is 0.266 e. The highest BCUT2D eigenvalue weighted by molar-refractivity contribution is 9.10. The molecular formula is C26H22BrFN2O4. The van der Waals surface area contributed by atoms with Crippen LogP contribution < -0.4 is 14.7 Å². The molecule has 2 aliphatic rings. The third-order valence-electron chi connectivity index (χ3n) is 5.98. The van der Waals surface area contributed by atoms with Gasteiger partial charge in [0.05, 0.1) is 28.5 Å². The molecule has 6 nitrogen and oxygen atoms in total. The number of imide groups is 1. The lowest BCUT2D eigenvalue weighted by Gasteiger charge is -2.29. The summed E-state index contributed by atoms with van der Waals surface area (Å²) in [5.74, 6) is -1.32. The van der Waals surface area contributed by atoms with Crippen LogP contribution in [0.15, 0.2) is 77.3 Å². The molecule has 5 rings (SSSR count). The molecule has 174 valence electrons. The highest BCUT2D eigenvalue weighted by atomic mass is 79.9. The molecule has 0 unspecified atom stereocenters. The van der Waals surface area contributed by atoms with Crippen molar-refractivity contribution in [3.8, 4) is 5.75 Å². The Morgan fingerprint density at radius 1 is 0.971 bits per heavy atom. The number of fused-ring (bicyclic) bond motifs is 1. The number of hydroxylamine groups is 1. The minimum absolute atomic E-state index is 0.276. The van der Waals surface area contributed by atoms with Gasteiger partial charge in [-0.05, 0) is 76.4 Å². The lowest BCUT2D eigenvalue weighted by molar-refractivity contribution is -0.126. The fraction of sp³-hybridized carbons (Fsp3) is 0.231. The first kappa shape index (κ1) is 22.6. The molecule has 34 heavy (non-hydrogen) atoms. The van der Waals surface area contributed by atoms with Gasteiger partial charge in [-0.25, -0.2) is 14.4 Å². The van der Waals surface area contributed by atoms with Gasteiger partial charge in [-0.2, -0.15) is 0 Å². The third kappa shape index (κ3) is 3.86. The van der Waals surface area contributed by atoms with Crippen LogP contribution in [0.25, 0.3) is 0 Å². The molecule has 0 aromatic heterocycles. The van der Waals surface area contributed by atoms with Crippen LogP contribution in [0.3, 0.4) is 0 Å². The van der Waals surface area contributed by atoms with Gasteiger partial charge in [-0.1, -0.05) is 31.2 Å². The van der Waals surface area contributed by atoms with E-state index in [0.717, 1.165) is 6.42 Å². The zero-order chi connectivity index (χ0) is 23.8. The molecule has 0 aliphatic carbocycles. The second-order valence-corrected chi connectivity index (χ2v) is 9.04. The quantitative estimate of drug-likeness (QED) is 0.402. The summed E-state index contributed by atoms with van der Waals surface area (Å²) in [6.45, 7) is 2.60. The second kappa shape index (κ2) is 9.19. The summed E-state index contributed by atoms with van der Waals surface area (Å²) in [7, 11) is 0. The molecule has 3 aromatic carbocycles. The monoisotopic (exact) mass is 524 g/mol. The van der Waals surface area contributed by atoms with E-state index in [9.17, 15) is 14.0 Å². The fourth-order valence-corrected chi connectivity index (χ4v) is 4.81. The maximum absolute atomic E-state index is 14.0. The van der Waals surface area contributed by atoms with Gasteiger partial charge in [0.2, 0.25) is 5.91 Å². The van der Waals surface area contributed by atoms with Crippen LogP contribution in [-0.2, 0) is 14.4 Å². The number of carbonyl (C=O) groups excluding carboxylic acids is 2. The number of para-hydroxylation sites is 1. The number of benzene rings is 3. The Balaban J connectivity index is 1.51. The molecule has 0 N–H and O–H groups in total. The van der Waals surface area contributed by atoms with Gasteiger partial charge in [0, 0.05) is 0 Å². The molecule has 0 spiro atoms. The van der Waals surface area contributed by atoms with E-state index in [1.807, 2.05) is 37.3 Å². The zero-order valence-corrected chi connectivity index (χ0v) is 19.9. The van der Waals surface area contributed by atoms with Gasteiger partial charge in [0.15, 0.2) is 6.10 Å². The number of anilines is 2. The minimum Gasteiger partial charge on any atom is -0.494 e. The van der Waals surface area contributed by atoms with Gasteiger partial charge in [-0.15, -0.1) is 0 Å². The minimum atomic E-state index is -0.988. The molecule has 3 aromatic rings. The second-order valence-electron chi connectivity index (χ2n) is 8.19. The van der Waals surface area contributed by atoms with Gasteiger partial charge >= 0.3 is 0 Å². The summed E-state index contributed by atoms with van der Waals surface area (Å²) in [4.78, 5) is 34.3. The normalized spacial score (nSPS) is 21.8. The van der Waals surface area contributed by atoms with E-state index in [-0.39, 0.29) is 10.4 Å². The summed E-state index contributed by atoms with van der Waals surface area (Å²) in [5.41, 5.74) is 1.82. The summed E-state index contributed by atoms with van der Waals surface area (Å²) in [6, 6.07) is 20.1. The van der Waals surface area contributed by atoms with Crippen molar-refractivity contribution in [3.63, 3.8) is 0 Å². The molecule has 8 heteroatoms. The van der Waals surface area contributed by atoms with E-state index in [0.29, 0.717) is 29.3 Å². The average molecular weight is 525 g/mol. The highest BCUT2D eigenvalue weighted by Gasteiger charge is 2.60. The van der Waals surface area contributed by atoms with Crippen LogP contribution in [0.5, 0.6) is 5.75 Å². The summed E-state index contributed by atoms with van der Waals surface area (Å²) < 4.78 is 19.9. The Kier molecular flexibility index (Phi) is 6.10. The smallest absolute Gasteiger partial charge is 0.266 e. The van der Waals surface area contributed by atoms with Gasteiger partial charge in [0.25, 0.3) is 5.91 Å². The van der Waals surface area contributed by atoms with Crippen molar-refractivity contribution in [1.29, 1.82) is 0 Å². The number of ether oxygens (including phenoxy) is 1. The van der Waals surface area contributed by atoms with Crippen LogP contribution >= 0.6 is 15.9 Å². The predicted octanol–water partition coefficient (Wildman–Crippen LogP) is 5.43. The summed E-state index contributed by atoms with van der Waals surface area (Å²) in [5, 5.41) is 1.59. The van der Waals surface area contributed by atoms with Crippen LogP contribution in [0.2, 0.25) is 0 Å². The van der Waals surface area contributed by atoms with Crippen molar-refractivity contribution in [2.45, 2.75) is 25.5 Å². The Hall–Kier alpha value is -3.23. The van der Waals surface area contributed by atoms with Crippen molar-refractivity contribution in [1.82, 2.24) is 0 Å². The van der Waals surface area contributed by atoms with Crippen LogP contribution in [0.1, 0.15) is 24.9 Å². The van der Waals surface area contributed by atoms with Gasteiger partial charge < -0.3 is 4.74 Å². The topological polar surface area (TPSA) is 59.1 Å². The molecule has 3 atom stereocenters. The number of amides is 2. The van der Waals surface area contributed by atoms with Crippen molar-refractivity contribution in [2.75, 3.05) is 16.6 Å². The van der Waals surface area contributed by atoms with E-state index in [2.05, 4.69) is 15.9 Å². The van der Waals surface area contributed by atoms with Crippen molar-refractivity contribution < 1.29 is 23.6 Å². The number of hydrogen-bond acceptors (Lipinski definition) is 5. The van der Waals surface area contributed by atoms with E-state index in [1.165, 1.54) is 11.0 Å². The summed E-state index contributed by atoms with van der Waals surface area (Å²) in [6.07, 6.45) is -0.109. The van der Waals surface area contributed by atoms with Gasteiger partial charge in [0.1, 0.15) is 17.5 Å². The van der Waals surface area contributed by atoms with Crippen molar-refractivity contribution in [2.24, 2.45) is 5.92 Å². The van der Waals surface area contributed by atoms with Crippen molar-refractivity contribution >= 4 is 39.1 Å². The maximum atomic E-state index is 14.0. The molecule has 2 aliphatic heterocycles. The largest absolute Gasteiger partial charge is 0.494 e. The van der Waals surface area contributed by atoms with E-state index in [4.69, 9.17) is 9.57 Å². The number of carbonyl (C=O) groups is 2. The number of rotatable bonds is 6. The highest BCUT2D eigenvalue weighted by Crippen LogP contribution is 2.48. The number of halogens is 2. The number of hydrogen-bond donors (Lipinski definition) is 0. The standard InChI is InChI=1S/C26H22BrFN2O4/c1-2-14-33-19-11-9-17(10-12-19)29-25(31)22-23(16-8-13-21(28)20(27)15-16)30(34-24(22)26(29)32)18-6-4-3-5-7-18/h3-13,15,22-24H,2,14H2,1H3/t22-,23+,24+/m1/s1. The zero-order valence-electron chi connectivity index (χ0n) is 18.4. The molecule has 2 heterocycles. The van der Waals surface area contributed by atoms with Gasteiger partial charge in [-0.3, -0.25) is 14.4 Å². The van der Waals surface area contributed by atoms with E-state index >= 15 is 0 Å². The Bertz CT molecular complexity index is 1220. The van der Waals surface area contributed by atoms with Crippen molar-refractivity contribution in [3.05, 3.63) is 88.6 Å². The Labute approximate surface area is 205 Å². The molecular weight excluding hydrogens is 503 g/mol. The number of nitrogens with zero attached hydrogens (tertiary/aromatic N) is 2. The predicted molar refractivity (Wildman–Crippen MR) is 129 cm³/mol. The Morgan fingerprint density at radius 2 is 1.71 bits per heavy atom. The molecule has 0 bridgehead atoms. The van der Waals surface area contributed by atoms with Crippen LogP contribution in [0.4, 0.5) is 15.8 Å². The fourth-order valence-electron chi connectivity index (χ4n) is 4.41. The molecule has 0 radical (unpaired) electrons. The lowest BCUT2D eigenvalue weighted by Crippen LogP contribution is -2.37. The molecule has 2 saturated heterocycles. The average Bonchev–Trinajstić information content (AvgIpc) is 3.36. The Morgan fingerprint density at radius 3 is 2.38 bits per heavy atom. The SMILES string of the molecule is CCCOc1ccc(N2C(=O)[C@H]3[C@H](ON(c4ccccc4)[C@H]3c3ccc(F)c(Br)c3)C2=O)cc1. The lowest BCUT2D eigenvalue weighted by atomic mass is 9.90.